The van der Waals surface area contributed by atoms with E-state index in [2.05, 4.69) is 29.0 Å². The molecule has 0 unspecified atom stereocenters. The Balaban J connectivity index is 1.67. The van der Waals surface area contributed by atoms with Crippen LogP contribution in [0, 0.1) is 0 Å². The number of ether oxygens (including phenoxy) is 1. The zero-order valence-electron chi connectivity index (χ0n) is 18.1. The molecule has 8 heteroatoms. The number of carbonyl (C=O) groups excluding carboxylic acids is 1. The highest BCUT2D eigenvalue weighted by molar-refractivity contribution is 5.78. The first-order valence-electron chi connectivity index (χ1n) is 10.9. The maximum Gasteiger partial charge on any atom is 0.294 e. The predicted octanol–water partition coefficient (Wildman–Crippen LogP) is 1.47. The van der Waals surface area contributed by atoms with E-state index in [-0.39, 0.29) is 17.9 Å². The summed E-state index contributed by atoms with van der Waals surface area (Å²) in [6.45, 7) is 10.8. The van der Waals surface area contributed by atoms with E-state index in [0.29, 0.717) is 45.2 Å². The molecular weight excluding hydrogens is 382 g/mol. The summed E-state index contributed by atoms with van der Waals surface area (Å²) in [5, 5.41) is 2.98. The molecule has 164 valence electrons. The fourth-order valence-corrected chi connectivity index (χ4v) is 3.75. The molecule has 0 saturated carbocycles. The number of nitrogens with zero attached hydrogens (tertiary/aromatic N) is 4. The third-order valence-corrected chi connectivity index (χ3v) is 5.58. The molecule has 0 aliphatic carbocycles. The van der Waals surface area contributed by atoms with Crippen LogP contribution in [0.5, 0.6) is 0 Å². The third-order valence-electron chi connectivity index (χ3n) is 5.58. The lowest BCUT2D eigenvalue weighted by molar-refractivity contribution is -0.121. The summed E-state index contributed by atoms with van der Waals surface area (Å²) in [4.78, 5) is 34.4. The number of hydrogen-bond donors (Lipinski definition) is 1. The van der Waals surface area contributed by atoms with Crippen molar-refractivity contribution < 1.29 is 9.53 Å². The van der Waals surface area contributed by atoms with E-state index in [0.717, 1.165) is 37.1 Å². The number of hydrogen-bond acceptors (Lipinski definition) is 6. The van der Waals surface area contributed by atoms with Crippen LogP contribution in [0.1, 0.15) is 26.7 Å². The maximum atomic E-state index is 13.2. The number of rotatable bonds is 10. The summed E-state index contributed by atoms with van der Waals surface area (Å²) < 4.78 is 7.08. The van der Waals surface area contributed by atoms with Crippen LogP contribution in [0.15, 0.2) is 29.1 Å². The van der Waals surface area contributed by atoms with E-state index < -0.39 is 0 Å². The molecule has 1 aromatic heterocycles. The second-order valence-corrected chi connectivity index (χ2v) is 7.46. The van der Waals surface area contributed by atoms with Crippen LogP contribution in [-0.4, -0.2) is 72.8 Å². The van der Waals surface area contributed by atoms with Crippen LogP contribution in [0.3, 0.4) is 0 Å². The first-order chi connectivity index (χ1) is 14.6. The monoisotopic (exact) mass is 415 g/mol. The number of morpholine rings is 1. The van der Waals surface area contributed by atoms with E-state index in [1.54, 1.807) is 4.57 Å². The molecule has 1 aliphatic rings. The quantitative estimate of drug-likeness (QED) is 0.592. The Morgan fingerprint density at radius 2 is 1.93 bits per heavy atom. The van der Waals surface area contributed by atoms with Gasteiger partial charge in [0, 0.05) is 32.6 Å². The number of benzene rings is 1. The molecule has 30 heavy (non-hydrogen) atoms. The summed E-state index contributed by atoms with van der Waals surface area (Å²) in [5.41, 5.74) is 1.37. The highest BCUT2D eigenvalue weighted by atomic mass is 16.5. The van der Waals surface area contributed by atoms with Crippen molar-refractivity contribution in [1.29, 1.82) is 0 Å². The molecule has 3 rings (SSSR count). The fraction of sp³-hybridized carbons (Fsp3) is 0.591. The molecule has 1 aliphatic heterocycles. The van der Waals surface area contributed by atoms with Crippen molar-refractivity contribution in [3.8, 4) is 0 Å². The van der Waals surface area contributed by atoms with Gasteiger partial charge in [0.25, 0.3) is 5.56 Å². The third kappa shape index (κ3) is 5.58. The van der Waals surface area contributed by atoms with Gasteiger partial charge in [0.15, 0.2) is 5.82 Å². The number of carbonyl (C=O) groups is 1. The lowest BCUT2D eigenvalue weighted by atomic mass is 10.2. The molecule has 1 N–H and O–H groups in total. The molecule has 0 bridgehead atoms. The van der Waals surface area contributed by atoms with E-state index in [9.17, 15) is 9.59 Å². The van der Waals surface area contributed by atoms with Gasteiger partial charge in [0.2, 0.25) is 5.91 Å². The van der Waals surface area contributed by atoms with Crippen molar-refractivity contribution in [3.05, 3.63) is 34.6 Å². The first kappa shape index (κ1) is 22.2. The maximum absolute atomic E-state index is 13.2. The molecule has 1 amide bonds. The molecule has 2 aromatic rings. The Morgan fingerprint density at radius 1 is 1.20 bits per heavy atom. The minimum Gasteiger partial charge on any atom is -0.378 e. The van der Waals surface area contributed by atoms with Gasteiger partial charge in [0.05, 0.1) is 24.2 Å². The Kier molecular flexibility index (Phi) is 8.21. The molecule has 0 atom stereocenters. The SMILES string of the molecule is CCN(CC)CCCNC(=O)CCn1c(=O)c(N2CCOCC2)nc2ccccc21. The van der Waals surface area contributed by atoms with Crippen LogP contribution >= 0.6 is 0 Å². The largest absolute Gasteiger partial charge is 0.378 e. The van der Waals surface area contributed by atoms with Gasteiger partial charge in [-0.1, -0.05) is 26.0 Å². The van der Waals surface area contributed by atoms with Gasteiger partial charge >= 0.3 is 0 Å². The molecule has 0 spiro atoms. The first-order valence-corrected chi connectivity index (χ1v) is 10.9. The van der Waals surface area contributed by atoms with E-state index in [4.69, 9.17) is 4.74 Å². The minimum atomic E-state index is -0.148. The van der Waals surface area contributed by atoms with Crippen molar-refractivity contribution in [3.63, 3.8) is 0 Å². The van der Waals surface area contributed by atoms with E-state index in [1.807, 2.05) is 29.2 Å². The molecule has 0 radical (unpaired) electrons. The van der Waals surface area contributed by atoms with Crippen LogP contribution in [-0.2, 0) is 16.1 Å². The lowest BCUT2D eigenvalue weighted by Crippen LogP contribution is -2.41. The average Bonchev–Trinajstić information content (AvgIpc) is 2.79. The zero-order valence-corrected chi connectivity index (χ0v) is 18.1. The van der Waals surface area contributed by atoms with Crippen LogP contribution < -0.4 is 15.8 Å². The van der Waals surface area contributed by atoms with Gasteiger partial charge in [-0.2, -0.15) is 0 Å². The smallest absolute Gasteiger partial charge is 0.294 e. The van der Waals surface area contributed by atoms with Crippen molar-refractivity contribution in [1.82, 2.24) is 19.8 Å². The van der Waals surface area contributed by atoms with Crippen LogP contribution in [0.2, 0.25) is 0 Å². The highest BCUT2D eigenvalue weighted by Gasteiger charge is 2.19. The van der Waals surface area contributed by atoms with Crippen LogP contribution in [0.4, 0.5) is 5.82 Å². The normalized spacial score (nSPS) is 14.4. The van der Waals surface area contributed by atoms with Crippen LogP contribution in [0.25, 0.3) is 11.0 Å². The van der Waals surface area contributed by atoms with Gasteiger partial charge in [-0.25, -0.2) is 4.98 Å². The number of aromatic nitrogens is 2. The van der Waals surface area contributed by atoms with Crippen molar-refractivity contribution >= 4 is 22.8 Å². The van der Waals surface area contributed by atoms with Gasteiger partial charge in [0.1, 0.15) is 0 Å². The average molecular weight is 416 g/mol. The number of fused-ring (bicyclic) bond motifs is 1. The molecule has 2 heterocycles. The number of aryl methyl sites for hydroxylation is 1. The van der Waals surface area contributed by atoms with Gasteiger partial charge in [-0.15, -0.1) is 0 Å². The highest BCUT2D eigenvalue weighted by Crippen LogP contribution is 2.15. The standard InChI is InChI=1S/C22H33N5O3/c1-3-25(4-2)12-7-11-23-20(28)10-13-27-19-9-6-5-8-18(19)24-21(22(27)29)26-14-16-30-17-15-26/h5-6,8-9H,3-4,7,10-17H2,1-2H3,(H,23,28). The molecular formula is C22H33N5O3. The summed E-state index contributed by atoms with van der Waals surface area (Å²) >= 11 is 0. The van der Waals surface area contributed by atoms with E-state index in [1.165, 1.54) is 0 Å². The van der Waals surface area contributed by atoms with Gasteiger partial charge < -0.3 is 24.4 Å². The molecule has 1 aromatic carbocycles. The predicted molar refractivity (Wildman–Crippen MR) is 119 cm³/mol. The van der Waals surface area contributed by atoms with E-state index >= 15 is 0 Å². The summed E-state index contributed by atoms with van der Waals surface area (Å²) in [6, 6.07) is 7.59. The molecule has 8 nitrogen and oxygen atoms in total. The van der Waals surface area contributed by atoms with Gasteiger partial charge in [-0.05, 0) is 38.2 Å². The molecule has 1 fully saturated rings. The number of para-hydroxylation sites is 2. The Labute approximate surface area is 177 Å². The van der Waals surface area contributed by atoms with Gasteiger partial charge in [-0.3, -0.25) is 9.59 Å². The lowest BCUT2D eigenvalue weighted by Gasteiger charge is -2.28. The zero-order chi connectivity index (χ0) is 21.3. The number of nitrogens with one attached hydrogen (secondary N) is 1. The number of anilines is 1. The summed E-state index contributed by atoms with van der Waals surface area (Å²) in [6.07, 6.45) is 1.19. The van der Waals surface area contributed by atoms with Crippen molar-refractivity contribution in [2.75, 3.05) is 57.4 Å². The Hall–Kier alpha value is -2.45. The van der Waals surface area contributed by atoms with Crippen molar-refractivity contribution in [2.45, 2.75) is 33.2 Å². The summed E-state index contributed by atoms with van der Waals surface area (Å²) in [5.74, 6) is 0.409. The van der Waals surface area contributed by atoms with Crippen molar-refractivity contribution in [2.24, 2.45) is 0 Å². The second kappa shape index (κ2) is 11.1. The second-order valence-electron chi connectivity index (χ2n) is 7.46. The minimum absolute atomic E-state index is 0.0322. The topological polar surface area (TPSA) is 79.7 Å². The number of amides is 1. The Bertz CT molecular complexity index is 888. The Morgan fingerprint density at radius 3 is 2.67 bits per heavy atom. The fourth-order valence-electron chi connectivity index (χ4n) is 3.75. The molecule has 1 saturated heterocycles. The summed E-state index contributed by atoms with van der Waals surface area (Å²) in [7, 11) is 0.